The summed E-state index contributed by atoms with van der Waals surface area (Å²) in [6.45, 7) is 18.1. The van der Waals surface area contributed by atoms with Crippen LogP contribution in [0.15, 0.2) is 0 Å². The van der Waals surface area contributed by atoms with Gasteiger partial charge in [0, 0.05) is 0 Å². The van der Waals surface area contributed by atoms with Gasteiger partial charge in [0.2, 0.25) is 0 Å². The first-order valence-corrected chi connectivity index (χ1v) is 13.1. The standard InChI is InChI=1S/C28H50/c1-8-9-13-26(5)15-16-27(6)21(18-26)10-11-22-23(27)12-14-28(7)24(22)17-20(4)25(28)19(2)3/h19-25H,8-18H2,1-7H3/t20?,21?,22?,23-,24-,25?,26?,27?,28?/m0/s1. The van der Waals surface area contributed by atoms with Crippen LogP contribution < -0.4 is 0 Å². The van der Waals surface area contributed by atoms with Crippen LogP contribution in [0.5, 0.6) is 0 Å². The Kier molecular flexibility index (Phi) is 5.54. The Hall–Kier alpha value is 0. The molecule has 7 unspecified atom stereocenters. The van der Waals surface area contributed by atoms with Crippen molar-refractivity contribution in [1.82, 2.24) is 0 Å². The zero-order valence-corrected chi connectivity index (χ0v) is 20.3. The van der Waals surface area contributed by atoms with Crippen molar-refractivity contribution in [2.45, 2.75) is 119 Å². The third kappa shape index (κ3) is 3.13. The molecule has 4 aliphatic rings. The van der Waals surface area contributed by atoms with Crippen molar-refractivity contribution in [3.8, 4) is 0 Å². The Morgan fingerprint density at radius 1 is 0.893 bits per heavy atom. The van der Waals surface area contributed by atoms with Gasteiger partial charge in [-0.05, 0) is 115 Å². The normalized spacial score (nSPS) is 53.6. The SMILES string of the molecule is CCCCC1(C)CCC2(C)C(CCC3[C@@H]2CCC2(C)C(C(C)C)C(C)C[C@@H]32)C1. The molecule has 0 spiro atoms. The molecule has 4 fully saturated rings. The lowest BCUT2D eigenvalue weighted by Crippen LogP contribution is -2.54. The van der Waals surface area contributed by atoms with Gasteiger partial charge < -0.3 is 0 Å². The molecule has 0 heteroatoms. The predicted molar refractivity (Wildman–Crippen MR) is 122 cm³/mol. The van der Waals surface area contributed by atoms with Crippen LogP contribution >= 0.6 is 0 Å². The van der Waals surface area contributed by atoms with Crippen molar-refractivity contribution >= 4 is 0 Å². The van der Waals surface area contributed by atoms with E-state index in [0.29, 0.717) is 16.2 Å². The first-order valence-electron chi connectivity index (χ1n) is 13.1. The minimum atomic E-state index is 0.641. The molecule has 0 saturated heterocycles. The average Bonchev–Trinajstić information content (AvgIpc) is 2.91. The van der Waals surface area contributed by atoms with Gasteiger partial charge in [-0.3, -0.25) is 0 Å². The van der Waals surface area contributed by atoms with Gasteiger partial charge in [-0.25, -0.2) is 0 Å². The van der Waals surface area contributed by atoms with Crippen LogP contribution in [0.3, 0.4) is 0 Å². The van der Waals surface area contributed by atoms with Gasteiger partial charge in [0.05, 0.1) is 0 Å². The molecular formula is C28H50. The van der Waals surface area contributed by atoms with Crippen LogP contribution in [0, 0.1) is 57.7 Å². The summed E-state index contributed by atoms with van der Waals surface area (Å²) >= 11 is 0. The Labute approximate surface area is 177 Å². The highest BCUT2D eigenvalue weighted by Gasteiger charge is 2.62. The van der Waals surface area contributed by atoms with Crippen LogP contribution in [0.1, 0.15) is 119 Å². The van der Waals surface area contributed by atoms with E-state index in [1.807, 2.05) is 0 Å². The minimum absolute atomic E-state index is 0.641. The van der Waals surface area contributed by atoms with Crippen molar-refractivity contribution in [1.29, 1.82) is 0 Å². The lowest BCUT2D eigenvalue weighted by atomic mass is 9.42. The maximum Gasteiger partial charge on any atom is -0.0261 e. The minimum Gasteiger partial charge on any atom is -0.0654 e. The highest BCUT2D eigenvalue weighted by atomic mass is 14.7. The van der Waals surface area contributed by atoms with Gasteiger partial charge in [-0.2, -0.15) is 0 Å². The van der Waals surface area contributed by atoms with Crippen LogP contribution in [0.2, 0.25) is 0 Å². The van der Waals surface area contributed by atoms with Gasteiger partial charge in [0.25, 0.3) is 0 Å². The van der Waals surface area contributed by atoms with E-state index in [2.05, 4.69) is 48.5 Å². The zero-order valence-electron chi connectivity index (χ0n) is 20.3. The Morgan fingerprint density at radius 3 is 2.32 bits per heavy atom. The summed E-state index contributed by atoms with van der Waals surface area (Å²) in [5.74, 6) is 6.91. The van der Waals surface area contributed by atoms with E-state index in [4.69, 9.17) is 0 Å². The molecule has 0 nitrogen and oxygen atoms in total. The third-order valence-corrected chi connectivity index (χ3v) is 11.4. The quantitative estimate of drug-likeness (QED) is 0.453. The summed E-state index contributed by atoms with van der Waals surface area (Å²) in [6.07, 6.45) is 16.6. The molecule has 0 heterocycles. The van der Waals surface area contributed by atoms with Crippen LogP contribution in [0.4, 0.5) is 0 Å². The Morgan fingerprint density at radius 2 is 1.64 bits per heavy atom. The van der Waals surface area contributed by atoms with Crippen molar-refractivity contribution in [2.75, 3.05) is 0 Å². The molecule has 0 aromatic heterocycles. The van der Waals surface area contributed by atoms with E-state index in [1.54, 1.807) is 25.7 Å². The molecule has 28 heavy (non-hydrogen) atoms. The summed E-state index contributed by atoms with van der Waals surface area (Å²) in [4.78, 5) is 0. The van der Waals surface area contributed by atoms with E-state index in [-0.39, 0.29) is 0 Å². The zero-order chi connectivity index (χ0) is 20.3. The molecule has 4 rings (SSSR count). The van der Waals surface area contributed by atoms with Gasteiger partial charge in [-0.15, -0.1) is 0 Å². The molecule has 0 aromatic rings. The van der Waals surface area contributed by atoms with E-state index in [0.717, 1.165) is 41.4 Å². The molecule has 162 valence electrons. The Bertz CT molecular complexity index is 562. The number of hydrogen-bond donors (Lipinski definition) is 0. The van der Waals surface area contributed by atoms with E-state index < -0.39 is 0 Å². The topological polar surface area (TPSA) is 0 Å². The first kappa shape index (κ1) is 21.2. The molecule has 0 amide bonds. The fourth-order valence-electron chi connectivity index (χ4n) is 10.2. The van der Waals surface area contributed by atoms with E-state index in [9.17, 15) is 0 Å². The summed E-state index contributed by atoms with van der Waals surface area (Å²) in [6, 6.07) is 0. The van der Waals surface area contributed by atoms with Crippen molar-refractivity contribution < 1.29 is 0 Å². The largest absolute Gasteiger partial charge is 0.0654 e. The maximum absolute atomic E-state index is 2.76. The third-order valence-electron chi connectivity index (χ3n) is 11.4. The number of fused-ring (bicyclic) bond motifs is 5. The second-order valence-electron chi connectivity index (χ2n) is 13.3. The molecule has 0 aliphatic heterocycles. The smallest absolute Gasteiger partial charge is 0.0261 e. The van der Waals surface area contributed by atoms with Crippen molar-refractivity contribution in [3.05, 3.63) is 0 Å². The van der Waals surface area contributed by atoms with Crippen LogP contribution in [0.25, 0.3) is 0 Å². The molecule has 0 bridgehead atoms. The lowest BCUT2D eigenvalue weighted by molar-refractivity contribution is -0.132. The van der Waals surface area contributed by atoms with Crippen molar-refractivity contribution in [3.63, 3.8) is 0 Å². The Balaban J connectivity index is 1.55. The maximum atomic E-state index is 2.76. The van der Waals surface area contributed by atoms with Gasteiger partial charge >= 0.3 is 0 Å². The average molecular weight is 387 g/mol. The van der Waals surface area contributed by atoms with Gasteiger partial charge in [0.1, 0.15) is 0 Å². The molecule has 4 saturated carbocycles. The molecule has 9 atom stereocenters. The fourth-order valence-corrected chi connectivity index (χ4v) is 10.2. The van der Waals surface area contributed by atoms with Crippen LogP contribution in [-0.2, 0) is 0 Å². The summed E-state index contributed by atoms with van der Waals surface area (Å²) in [7, 11) is 0. The fraction of sp³-hybridized carbons (Fsp3) is 1.00. The highest BCUT2D eigenvalue weighted by Crippen LogP contribution is 2.70. The predicted octanol–water partition coefficient (Wildman–Crippen LogP) is 8.74. The second-order valence-corrected chi connectivity index (χ2v) is 13.3. The van der Waals surface area contributed by atoms with E-state index in [1.165, 1.54) is 44.9 Å². The summed E-state index contributed by atoms with van der Waals surface area (Å²) in [5.41, 5.74) is 1.96. The first-order chi connectivity index (χ1) is 13.1. The van der Waals surface area contributed by atoms with Gasteiger partial charge in [0.15, 0.2) is 0 Å². The monoisotopic (exact) mass is 386 g/mol. The highest BCUT2D eigenvalue weighted by molar-refractivity contribution is 5.11. The number of rotatable bonds is 4. The number of unbranched alkanes of at least 4 members (excludes halogenated alkanes) is 1. The summed E-state index contributed by atoms with van der Waals surface area (Å²) in [5, 5.41) is 0. The summed E-state index contributed by atoms with van der Waals surface area (Å²) < 4.78 is 0. The van der Waals surface area contributed by atoms with Crippen LogP contribution in [-0.4, -0.2) is 0 Å². The molecular weight excluding hydrogens is 336 g/mol. The molecule has 0 aromatic carbocycles. The van der Waals surface area contributed by atoms with E-state index >= 15 is 0 Å². The lowest BCUT2D eigenvalue weighted by Gasteiger charge is -2.62. The molecule has 0 radical (unpaired) electrons. The number of hydrogen-bond acceptors (Lipinski definition) is 0. The van der Waals surface area contributed by atoms with Crippen molar-refractivity contribution in [2.24, 2.45) is 57.7 Å². The van der Waals surface area contributed by atoms with Gasteiger partial charge in [-0.1, -0.05) is 61.3 Å². The second kappa shape index (κ2) is 7.30. The molecule has 0 N–H and O–H groups in total. The molecule has 4 aliphatic carbocycles.